The summed E-state index contributed by atoms with van der Waals surface area (Å²) in [4.78, 5) is 14.1. The molecule has 1 aliphatic rings. The lowest BCUT2D eigenvalue weighted by Crippen LogP contribution is -2.39. The first-order valence-corrected chi connectivity index (χ1v) is 7.90. The summed E-state index contributed by atoms with van der Waals surface area (Å²) in [5, 5.41) is 0. The fourth-order valence-electron chi connectivity index (χ4n) is 2.25. The molecular formula is C13H25NO2S. The quantitative estimate of drug-likeness (QED) is 0.519. The Hall–Kier alpha value is -0.220. The fraction of sp³-hybridized carbons (Fsp3) is 0.923. The zero-order chi connectivity index (χ0) is 12.5. The Labute approximate surface area is 109 Å². The van der Waals surface area contributed by atoms with Crippen LogP contribution in [-0.2, 0) is 9.53 Å². The van der Waals surface area contributed by atoms with E-state index in [0.717, 1.165) is 32.5 Å². The van der Waals surface area contributed by atoms with E-state index in [1.807, 2.05) is 18.7 Å². The van der Waals surface area contributed by atoms with Gasteiger partial charge in [0.2, 0.25) is 0 Å². The summed E-state index contributed by atoms with van der Waals surface area (Å²) in [6.45, 7) is 7.75. The van der Waals surface area contributed by atoms with Gasteiger partial charge in [0.05, 0.1) is 12.5 Å². The van der Waals surface area contributed by atoms with Crippen LogP contribution in [0.2, 0.25) is 0 Å². The second-order valence-electron chi connectivity index (χ2n) is 4.44. The highest BCUT2D eigenvalue weighted by molar-refractivity contribution is 7.99. The number of likely N-dealkylation sites (tertiary alicyclic amines) is 1. The van der Waals surface area contributed by atoms with Crippen LogP contribution in [0.25, 0.3) is 0 Å². The van der Waals surface area contributed by atoms with Crippen molar-refractivity contribution in [1.29, 1.82) is 0 Å². The number of piperidine rings is 1. The molecule has 1 heterocycles. The summed E-state index contributed by atoms with van der Waals surface area (Å²) in [5.74, 6) is 2.55. The summed E-state index contributed by atoms with van der Waals surface area (Å²) >= 11 is 1.99. The summed E-state index contributed by atoms with van der Waals surface area (Å²) < 4.78 is 5.10. The van der Waals surface area contributed by atoms with E-state index in [0.29, 0.717) is 6.61 Å². The molecule has 0 aromatic carbocycles. The highest BCUT2D eigenvalue weighted by Gasteiger charge is 2.26. The number of carbonyl (C=O) groups is 1. The molecule has 1 saturated heterocycles. The Morgan fingerprint density at radius 1 is 1.47 bits per heavy atom. The van der Waals surface area contributed by atoms with Crippen molar-refractivity contribution < 1.29 is 9.53 Å². The molecule has 0 spiro atoms. The first-order valence-electron chi connectivity index (χ1n) is 6.74. The van der Waals surface area contributed by atoms with Crippen molar-refractivity contribution in [2.24, 2.45) is 5.92 Å². The number of esters is 1. The lowest BCUT2D eigenvalue weighted by atomic mass is 9.98. The van der Waals surface area contributed by atoms with E-state index >= 15 is 0 Å². The minimum Gasteiger partial charge on any atom is -0.466 e. The maximum atomic E-state index is 11.7. The molecule has 0 N–H and O–H groups in total. The number of ether oxygens (including phenoxy) is 1. The molecule has 0 aromatic rings. The normalized spacial score (nSPS) is 21.4. The van der Waals surface area contributed by atoms with Gasteiger partial charge in [-0.15, -0.1) is 0 Å². The molecule has 3 nitrogen and oxygen atoms in total. The highest BCUT2D eigenvalue weighted by Crippen LogP contribution is 2.18. The Bertz CT molecular complexity index is 223. The van der Waals surface area contributed by atoms with Crippen molar-refractivity contribution in [2.75, 3.05) is 37.7 Å². The van der Waals surface area contributed by atoms with E-state index in [1.54, 1.807) is 0 Å². The lowest BCUT2D eigenvalue weighted by Gasteiger charge is -2.31. The lowest BCUT2D eigenvalue weighted by molar-refractivity contribution is -0.149. The van der Waals surface area contributed by atoms with E-state index < -0.39 is 0 Å². The number of hydrogen-bond acceptors (Lipinski definition) is 4. The van der Waals surface area contributed by atoms with Gasteiger partial charge in [0, 0.05) is 6.54 Å². The Kier molecular flexibility index (Phi) is 7.69. The molecule has 0 aliphatic carbocycles. The van der Waals surface area contributed by atoms with E-state index in [-0.39, 0.29) is 11.9 Å². The number of rotatable bonds is 7. The molecule has 1 rings (SSSR count). The molecule has 0 aromatic heterocycles. The number of thioether (sulfide) groups is 1. The number of carbonyl (C=O) groups excluding carboxylic acids is 1. The zero-order valence-corrected chi connectivity index (χ0v) is 11.9. The Balaban J connectivity index is 2.21. The van der Waals surface area contributed by atoms with Gasteiger partial charge in [-0.2, -0.15) is 11.8 Å². The molecule has 0 bridgehead atoms. The van der Waals surface area contributed by atoms with Gasteiger partial charge >= 0.3 is 5.97 Å². The minimum atomic E-state index is 0.000123. The third-order valence-corrected chi connectivity index (χ3v) is 4.08. The molecule has 1 aliphatic heterocycles. The monoisotopic (exact) mass is 259 g/mol. The topological polar surface area (TPSA) is 29.5 Å². The van der Waals surface area contributed by atoms with Crippen LogP contribution in [0, 0.1) is 5.92 Å². The molecule has 0 radical (unpaired) electrons. The van der Waals surface area contributed by atoms with Gasteiger partial charge in [-0.1, -0.05) is 6.92 Å². The van der Waals surface area contributed by atoms with Crippen molar-refractivity contribution in [3.05, 3.63) is 0 Å². The summed E-state index contributed by atoms with van der Waals surface area (Å²) in [6, 6.07) is 0. The van der Waals surface area contributed by atoms with Crippen molar-refractivity contribution in [3.63, 3.8) is 0 Å². The van der Waals surface area contributed by atoms with Crippen molar-refractivity contribution in [1.82, 2.24) is 4.90 Å². The van der Waals surface area contributed by atoms with E-state index in [2.05, 4.69) is 11.8 Å². The number of hydrogen-bond donors (Lipinski definition) is 0. The molecule has 0 amide bonds. The standard InChI is InChI=1S/C13H25NO2S/c1-3-16-13(15)12-7-5-8-14(11-12)9-6-10-17-4-2/h12H,3-11H2,1-2H3/t12-/m1/s1. The average molecular weight is 259 g/mol. The predicted molar refractivity (Wildman–Crippen MR) is 73.4 cm³/mol. The summed E-state index contributed by atoms with van der Waals surface area (Å²) in [5.41, 5.74) is 0. The average Bonchev–Trinajstić information content (AvgIpc) is 2.35. The molecule has 1 fully saturated rings. The molecule has 100 valence electrons. The van der Waals surface area contributed by atoms with Crippen LogP contribution in [0.1, 0.15) is 33.1 Å². The van der Waals surface area contributed by atoms with Crippen LogP contribution >= 0.6 is 11.8 Å². The molecule has 4 heteroatoms. The SMILES string of the molecule is CCOC(=O)[C@@H]1CCCN(CCCSCC)C1. The Morgan fingerprint density at radius 2 is 2.29 bits per heavy atom. The van der Waals surface area contributed by atoms with Gasteiger partial charge in [0.15, 0.2) is 0 Å². The van der Waals surface area contributed by atoms with Crippen LogP contribution in [0.5, 0.6) is 0 Å². The van der Waals surface area contributed by atoms with Gasteiger partial charge < -0.3 is 9.64 Å². The largest absolute Gasteiger partial charge is 0.466 e. The predicted octanol–water partition coefficient (Wildman–Crippen LogP) is 2.40. The van der Waals surface area contributed by atoms with Crippen molar-refractivity contribution in [3.8, 4) is 0 Å². The van der Waals surface area contributed by atoms with Gasteiger partial charge in [0.1, 0.15) is 0 Å². The van der Waals surface area contributed by atoms with Crippen LogP contribution in [0.3, 0.4) is 0 Å². The third-order valence-electron chi connectivity index (χ3n) is 3.09. The second-order valence-corrected chi connectivity index (χ2v) is 5.84. The van der Waals surface area contributed by atoms with Crippen LogP contribution in [0.4, 0.5) is 0 Å². The maximum absolute atomic E-state index is 11.7. The van der Waals surface area contributed by atoms with Crippen molar-refractivity contribution >= 4 is 17.7 Å². The third kappa shape index (κ3) is 5.77. The van der Waals surface area contributed by atoms with Gasteiger partial charge in [-0.05, 0) is 50.8 Å². The van der Waals surface area contributed by atoms with Gasteiger partial charge in [-0.25, -0.2) is 0 Å². The number of nitrogens with zero attached hydrogens (tertiary/aromatic N) is 1. The second kappa shape index (κ2) is 8.81. The summed E-state index contributed by atoms with van der Waals surface area (Å²) in [6.07, 6.45) is 3.36. The van der Waals surface area contributed by atoms with Crippen LogP contribution < -0.4 is 0 Å². The van der Waals surface area contributed by atoms with E-state index in [1.165, 1.54) is 17.9 Å². The van der Waals surface area contributed by atoms with E-state index in [9.17, 15) is 4.79 Å². The smallest absolute Gasteiger partial charge is 0.310 e. The fourth-order valence-corrected chi connectivity index (χ4v) is 2.87. The van der Waals surface area contributed by atoms with Gasteiger partial charge in [0.25, 0.3) is 0 Å². The molecule has 17 heavy (non-hydrogen) atoms. The highest BCUT2D eigenvalue weighted by atomic mass is 32.2. The van der Waals surface area contributed by atoms with Gasteiger partial charge in [-0.3, -0.25) is 4.79 Å². The molecule has 1 atom stereocenters. The minimum absolute atomic E-state index is 0.000123. The van der Waals surface area contributed by atoms with E-state index in [4.69, 9.17) is 4.74 Å². The van der Waals surface area contributed by atoms with Crippen LogP contribution in [-0.4, -0.2) is 48.6 Å². The molecule has 0 unspecified atom stereocenters. The molecule has 0 saturated carbocycles. The first kappa shape index (κ1) is 14.8. The van der Waals surface area contributed by atoms with Crippen molar-refractivity contribution in [2.45, 2.75) is 33.1 Å². The maximum Gasteiger partial charge on any atom is 0.310 e. The zero-order valence-electron chi connectivity index (χ0n) is 11.1. The van der Waals surface area contributed by atoms with Crippen LogP contribution in [0.15, 0.2) is 0 Å². The molecular weight excluding hydrogens is 234 g/mol. The summed E-state index contributed by atoms with van der Waals surface area (Å²) in [7, 11) is 0. The first-order chi connectivity index (χ1) is 8.27. The Morgan fingerprint density at radius 3 is 3.00 bits per heavy atom.